The minimum absolute atomic E-state index is 0.102. The summed E-state index contributed by atoms with van der Waals surface area (Å²) in [5.74, 6) is 1.50. The lowest BCUT2D eigenvalue weighted by atomic mass is 10.2. The van der Waals surface area contributed by atoms with Gasteiger partial charge in [0.15, 0.2) is 10.9 Å². The van der Waals surface area contributed by atoms with Gasteiger partial charge in [0, 0.05) is 20.6 Å². The van der Waals surface area contributed by atoms with E-state index in [0.717, 1.165) is 15.8 Å². The van der Waals surface area contributed by atoms with Crippen molar-refractivity contribution in [3.05, 3.63) is 92.8 Å². The van der Waals surface area contributed by atoms with Crippen molar-refractivity contribution in [3.8, 4) is 22.6 Å². The minimum atomic E-state index is -0.478. The Morgan fingerprint density at radius 2 is 1.69 bits per heavy atom. The summed E-state index contributed by atoms with van der Waals surface area (Å²) in [6.07, 6.45) is 0. The molecule has 0 bridgehead atoms. The number of halogens is 3. The van der Waals surface area contributed by atoms with E-state index >= 15 is 0 Å². The topological polar surface area (TPSA) is 67.4 Å². The molecular formula is C23H15BrCl2N2O3S. The molecule has 0 spiro atoms. The van der Waals surface area contributed by atoms with Gasteiger partial charge in [-0.05, 0) is 66.8 Å². The van der Waals surface area contributed by atoms with E-state index in [4.69, 9.17) is 44.3 Å². The first kappa shape index (κ1) is 22.6. The van der Waals surface area contributed by atoms with E-state index in [1.165, 1.54) is 0 Å². The molecule has 1 amide bonds. The number of benzene rings is 2. The van der Waals surface area contributed by atoms with Crippen LogP contribution in [-0.4, -0.2) is 11.0 Å². The van der Waals surface area contributed by atoms with E-state index in [1.54, 1.807) is 30.3 Å². The largest absolute Gasteiger partial charge is 0.459 e. The van der Waals surface area contributed by atoms with Gasteiger partial charge < -0.3 is 14.2 Å². The van der Waals surface area contributed by atoms with Crippen LogP contribution in [0.1, 0.15) is 16.3 Å². The van der Waals surface area contributed by atoms with E-state index in [2.05, 4.69) is 26.6 Å². The molecular weight excluding hydrogens is 535 g/mol. The molecule has 0 aliphatic rings. The second-order valence-electron chi connectivity index (χ2n) is 6.70. The molecule has 2 aromatic heterocycles. The molecule has 0 unspecified atom stereocenters. The molecule has 5 nitrogen and oxygen atoms in total. The Kier molecular flexibility index (Phi) is 7.01. The number of hydrogen-bond acceptors (Lipinski definition) is 4. The maximum Gasteiger partial charge on any atom is 0.293 e. The molecule has 162 valence electrons. The van der Waals surface area contributed by atoms with E-state index in [0.29, 0.717) is 33.7 Å². The van der Waals surface area contributed by atoms with Gasteiger partial charge in [-0.15, -0.1) is 0 Å². The Hall–Kier alpha value is -2.58. The van der Waals surface area contributed by atoms with Crippen LogP contribution in [-0.2, 0) is 6.54 Å². The molecule has 0 saturated heterocycles. The third-order valence-corrected chi connectivity index (χ3v) is 5.79. The Balaban J connectivity index is 1.33. The van der Waals surface area contributed by atoms with Gasteiger partial charge in [0.25, 0.3) is 5.91 Å². The van der Waals surface area contributed by atoms with Crippen LogP contribution in [0.25, 0.3) is 22.6 Å². The van der Waals surface area contributed by atoms with Crippen LogP contribution in [0, 0.1) is 0 Å². The average molecular weight is 550 g/mol. The predicted molar refractivity (Wildman–Crippen MR) is 133 cm³/mol. The van der Waals surface area contributed by atoms with Crippen LogP contribution < -0.4 is 10.6 Å². The molecule has 2 aromatic carbocycles. The van der Waals surface area contributed by atoms with Crippen LogP contribution in [0.15, 0.2) is 80.0 Å². The van der Waals surface area contributed by atoms with Crippen molar-refractivity contribution in [1.82, 2.24) is 10.6 Å². The molecule has 9 heteroatoms. The highest BCUT2D eigenvalue weighted by molar-refractivity contribution is 9.10. The normalized spacial score (nSPS) is 10.7. The van der Waals surface area contributed by atoms with E-state index in [-0.39, 0.29) is 10.9 Å². The van der Waals surface area contributed by atoms with Crippen molar-refractivity contribution in [1.29, 1.82) is 0 Å². The summed E-state index contributed by atoms with van der Waals surface area (Å²) in [6.45, 7) is 0.319. The second kappa shape index (κ2) is 9.92. The lowest BCUT2D eigenvalue weighted by Gasteiger charge is -2.07. The average Bonchev–Trinajstić information content (AvgIpc) is 3.43. The third kappa shape index (κ3) is 5.42. The molecule has 0 aliphatic carbocycles. The van der Waals surface area contributed by atoms with E-state index in [9.17, 15) is 4.79 Å². The van der Waals surface area contributed by atoms with Gasteiger partial charge in [-0.25, -0.2) is 0 Å². The van der Waals surface area contributed by atoms with Crippen molar-refractivity contribution in [2.24, 2.45) is 0 Å². The van der Waals surface area contributed by atoms with Crippen LogP contribution in [0.4, 0.5) is 0 Å². The lowest BCUT2D eigenvalue weighted by Crippen LogP contribution is -2.38. The minimum Gasteiger partial charge on any atom is -0.459 e. The first-order valence-electron chi connectivity index (χ1n) is 9.38. The number of rotatable bonds is 5. The van der Waals surface area contributed by atoms with Gasteiger partial charge in [-0.1, -0.05) is 51.3 Å². The van der Waals surface area contributed by atoms with Gasteiger partial charge in [-0.3, -0.25) is 10.1 Å². The second-order valence-corrected chi connectivity index (χ2v) is 8.87. The van der Waals surface area contributed by atoms with Crippen molar-refractivity contribution >= 4 is 62.4 Å². The molecule has 0 fully saturated rings. The highest BCUT2D eigenvalue weighted by Gasteiger charge is 2.15. The first-order valence-corrected chi connectivity index (χ1v) is 11.3. The predicted octanol–water partition coefficient (Wildman–Crippen LogP) is 7.08. The van der Waals surface area contributed by atoms with Crippen LogP contribution >= 0.6 is 51.3 Å². The number of nitrogens with one attached hydrogen (secondary N) is 2. The number of carbonyl (C=O) groups excluding carboxylic acids is 1. The van der Waals surface area contributed by atoms with E-state index < -0.39 is 5.91 Å². The van der Waals surface area contributed by atoms with Gasteiger partial charge in [0.1, 0.15) is 17.3 Å². The highest BCUT2D eigenvalue weighted by atomic mass is 79.9. The molecule has 2 heterocycles. The van der Waals surface area contributed by atoms with E-state index in [1.807, 2.05) is 36.4 Å². The van der Waals surface area contributed by atoms with Crippen molar-refractivity contribution in [3.63, 3.8) is 0 Å². The molecule has 4 rings (SSSR count). The SMILES string of the molecule is O=C(NC(=S)NCc1ccc(-c2ccc(Br)cc2)o1)c1ccc(-c2ccc(Cl)cc2Cl)o1. The van der Waals surface area contributed by atoms with Gasteiger partial charge in [-0.2, -0.15) is 0 Å². The highest BCUT2D eigenvalue weighted by Crippen LogP contribution is 2.31. The van der Waals surface area contributed by atoms with Gasteiger partial charge in [0.05, 0.1) is 11.6 Å². The quantitative estimate of drug-likeness (QED) is 0.260. The zero-order valence-electron chi connectivity index (χ0n) is 16.3. The Morgan fingerprint density at radius 3 is 2.44 bits per heavy atom. The summed E-state index contributed by atoms with van der Waals surface area (Å²) in [5.41, 5.74) is 1.60. The number of amides is 1. The summed E-state index contributed by atoms with van der Waals surface area (Å²) >= 11 is 20.7. The zero-order valence-corrected chi connectivity index (χ0v) is 20.2. The fraction of sp³-hybridized carbons (Fsp3) is 0.0435. The summed E-state index contributed by atoms with van der Waals surface area (Å²) < 4.78 is 12.5. The maximum absolute atomic E-state index is 12.5. The summed E-state index contributed by atoms with van der Waals surface area (Å²) in [6, 6.07) is 19.8. The first-order chi connectivity index (χ1) is 15.4. The molecule has 0 aliphatic heterocycles. The monoisotopic (exact) mass is 548 g/mol. The Labute approximate surface area is 207 Å². The fourth-order valence-corrected chi connectivity index (χ4v) is 3.84. The molecule has 32 heavy (non-hydrogen) atoms. The standard InChI is InChI=1S/C23H15BrCl2N2O3S/c24-14-3-1-13(2-4-14)19-8-6-16(30-19)12-27-23(32)28-22(29)21-10-9-20(31-21)17-7-5-15(25)11-18(17)26/h1-11H,12H2,(H2,27,28,29,32). The number of hydrogen-bond donors (Lipinski definition) is 2. The fourth-order valence-electron chi connectivity index (χ4n) is 2.91. The summed E-state index contributed by atoms with van der Waals surface area (Å²) in [4.78, 5) is 12.5. The zero-order chi connectivity index (χ0) is 22.7. The number of carbonyl (C=O) groups is 1. The van der Waals surface area contributed by atoms with Crippen molar-refractivity contribution in [2.45, 2.75) is 6.54 Å². The maximum atomic E-state index is 12.5. The molecule has 0 atom stereocenters. The van der Waals surface area contributed by atoms with Crippen LogP contribution in [0.5, 0.6) is 0 Å². The smallest absolute Gasteiger partial charge is 0.293 e. The van der Waals surface area contributed by atoms with Gasteiger partial charge >= 0.3 is 0 Å². The van der Waals surface area contributed by atoms with Crippen LogP contribution in [0.2, 0.25) is 10.0 Å². The molecule has 4 aromatic rings. The van der Waals surface area contributed by atoms with Crippen molar-refractivity contribution in [2.75, 3.05) is 0 Å². The number of thiocarbonyl (C=S) groups is 1. The number of furan rings is 2. The van der Waals surface area contributed by atoms with Gasteiger partial charge in [0.2, 0.25) is 0 Å². The lowest BCUT2D eigenvalue weighted by molar-refractivity contribution is 0.0950. The summed E-state index contributed by atoms with van der Waals surface area (Å²) in [5, 5.41) is 6.63. The third-order valence-electron chi connectivity index (χ3n) is 4.47. The summed E-state index contributed by atoms with van der Waals surface area (Å²) in [7, 11) is 0. The molecule has 0 radical (unpaired) electrons. The van der Waals surface area contributed by atoms with Crippen LogP contribution in [0.3, 0.4) is 0 Å². The molecule has 0 saturated carbocycles. The molecule has 2 N–H and O–H groups in total. The van der Waals surface area contributed by atoms with Crippen molar-refractivity contribution < 1.29 is 13.6 Å². The Bertz CT molecular complexity index is 1280. The Morgan fingerprint density at radius 1 is 0.938 bits per heavy atom.